The van der Waals surface area contributed by atoms with E-state index in [1.165, 1.54) is 10.9 Å². The second-order valence-corrected chi connectivity index (χ2v) is 12.2. The van der Waals surface area contributed by atoms with E-state index in [9.17, 15) is 14.4 Å². The number of aromatic nitrogens is 1. The molecule has 0 fully saturated rings. The number of carbonyl (C=O) groups is 3. The number of nitrogens with zero attached hydrogens (tertiary/aromatic N) is 1. The SMILES string of the molecule is NC(=O)c1c(CC(=O)Cc2ccc(Cl)cc2)sc2c1CCN(CCCCC(=O)CCc1c[nH]c3ccccc13)C2. The van der Waals surface area contributed by atoms with Gasteiger partial charge < -0.3 is 10.7 Å². The van der Waals surface area contributed by atoms with Gasteiger partial charge in [-0.1, -0.05) is 41.9 Å². The Morgan fingerprint density at radius 2 is 1.77 bits per heavy atom. The Kier molecular flexibility index (Phi) is 9.15. The summed E-state index contributed by atoms with van der Waals surface area (Å²) in [5, 5.41) is 1.83. The first kappa shape index (κ1) is 28.3. The second-order valence-electron chi connectivity index (χ2n) is 10.6. The van der Waals surface area contributed by atoms with E-state index in [0.29, 0.717) is 35.6 Å². The number of H-pyrrole nitrogens is 1. The van der Waals surface area contributed by atoms with E-state index in [2.05, 4.69) is 22.0 Å². The van der Waals surface area contributed by atoms with Gasteiger partial charge in [0.2, 0.25) is 5.91 Å². The second kappa shape index (κ2) is 12.9. The number of rotatable bonds is 13. The topological polar surface area (TPSA) is 96.3 Å². The Morgan fingerprint density at radius 1 is 0.975 bits per heavy atom. The van der Waals surface area contributed by atoms with Crippen molar-refractivity contribution in [1.82, 2.24) is 9.88 Å². The average Bonchev–Trinajstić information content (AvgIpc) is 3.51. The molecule has 8 heteroatoms. The number of thiophene rings is 1. The number of aryl methyl sites for hydroxylation is 1. The maximum Gasteiger partial charge on any atom is 0.250 e. The number of carbonyl (C=O) groups excluding carboxylic acids is 3. The molecular formula is C32H34ClN3O3S. The summed E-state index contributed by atoms with van der Waals surface area (Å²) < 4.78 is 0. The zero-order chi connectivity index (χ0) is 28.1. The minimum Gasteiger partial charge on any atom is -0.366 e. The van der Waals surface area contributed by atoms with Crippen LogP contribution in [0.5, 0.6) is 0 Å². The lowest BCUT2D eigenvalue weighted by Gasteiger charge is -2.27. The fraction of sp³-hybridized carbons (Fsp3) is 0.344. The lowest BCUT2D eigenvalue weighted by atomic mass is 9.98. The van der Waals surface area contributed by atoms with Gasteiger partial charge in [0.15, 0.2) is 0 Å². The van der Waals surface area contributed by atoms with Crippen LogP contribution in [0.4, 0.5) is 0 Å². The van der Waals surface area contributed by atoms with Crippen LogP contribution in [0.1, 0.15) is 62.5 Å². The number of halogens is 1. The van der Waals surface area contributed by atoms with E-state index >= 15 is 0 Å². The van der Waals surface area contributed by atoms with E-state index in [4.69, 9.17) is 17.3 Å². The van der Waals surface area contributed by atoms with Crippen molar-refractivity contribution >= 4 is 51.3 Å². The third-order valence-electron chi connectivity index (χ3n) is 7.66. The number of para-hydroxylation sites is 1. The summed E-state index contributed by atoms with van der Waals surface area (Å²) in [4.78, 5) is 45.2. The molecule has 0 spiro atoms. The van der Waals surface area contributed by atoms with Crippen LogP contribution in [0.3, 0.4) is 0 Å². The number of nitrogens with two attached hydrogens (primary N) is 1. The summed E-state index contributed by atoms with van der Waals surface area (Å²) in [7, 11) is 0. The van der Waals surface area contributed by atoms with Crippen LogP contribution in [0.25, 0.3) is 10.9 Å². The Bertz CT molecular complexity index is 1520. The van der Waals surface area contributed by atoms with Gasteiger partial charge in [-0.25, -0.2) is 0 Å². The van der Waals surface area contributed by atoms with Crippen molar-refractivity contribution in [3.05, 3.63) is 91.8 Å². The molecule has 40 heavy (non-hydrogen) atoms. The van der Waals surface area contributed by atoms with E-state index in [1.54, 1.807) is 23.5 Å². The number of Topliss-reactive ketones (excluding diaryl/α,β-unsaturated/α-hetero) is 2. The summed E-state index contributed by atoms with van der Waals surface area (Å²) in [6.07, 6.45) is 7.03. The molecular weight excluding hydrogens is 542 g/mol. The minimum atomic E-state index is -0.452. The van der Waals surface area contributed by atoms with Gasteiger partial charge in [0.25, 0.3) is 0 Å². The average molecular weight is 576 g/mol. The number of hydrogen-bond donors (Lipinski definition) is 2. The lowest BCUT2D eigenvalue weighted by molar-refractivity contribution is -0.119. The first-order valence-corrected chi connectivity index (χ1v) is 15.0. The first-order valence-electron chi connectivity index (χ1n) is 13.9. The maximum absolute atomic E-state index is 12.8. The lowest BCUT2D eigenvalue weighted by Crippen LogP contribution is -2.31. The third-order valence-corrected chi connectivity index (χ3v) is 9.12. The molecule has 3 N–H and O–H groups in total. The Balaban J connectivity index is 1.09. The molecule has 2 aromatic carbocycles. The number of fused-ring (bicyclic) bond motifs is 2. The molecule has 0 atom stereocenters. The summed E-state index contributed by atoms with van der Waals surface area (Å²) in [5.74, 6) is -0.0931. The van der Waals surface area contributed by atoms with Crippen molar-refractivity contribution in [3.8, 4) is 0 Å². The van der Waals surface area contributed by atoms with Crippen molar-refractivity contribution in [1.29, 1.82) is 0 Å². The normalized spacial score (nSPS) is 13.4. The molecule has 1 amide bonds. The van der Waals surface area contributed by atoms with Gasteiger partial charge in [0, 0.05) is 70.6 Å². The van der Waals surface area contributed by atoms with Gasteiger partial charge in [0.05, 0.1) is 5.56 Å². The number of benzene rings is 2. The van der Waals surface area contributed by atoms with Crippen LogP contribution in [0.2, 0.25) is 5.02 Å². The van der Waals surface area contributed by atoms with E-state index in [1.807, 2.05) is 30.5 Å². The zero-order valence-electron chi connectivity index (χ0n) is 22.5. The number of hydrogen-bond acceptors (Lipinski definition) is 5. The van der Waals surface area contributed by atoms with Crippen LogP contribution in [0.15, 0.2) is 54.7 Å². The van der Waals surface area contributed by atoms with Gasteiger partial charge in [-0.3, -0.25) is 19.3 Å². The molecule has 0 aliphatic carbocycles. The minimum absolute atomic E-state index is 0.0506. The van der Waals surface area contributed by atoms with Crippen LogP contribution in [-0.2, 0) is 41.8 Å². The number of aromatic amines is 1. The molecule has 1 aliphatic rings. The molecule has 0 unspecified atom stereocenters. The monoisotopic (exact) mass is 575 g/mol. The van der Waals surface area contributed by atoms with Gasteiger partial charge in [-0.2, -0.15) is 0 Å². The molecule has 208 valence electrons. The standard InChI is InChI=1S/C32H34ClN3O3S/c33-23-11-8-21(9-12-23)17-25(38)18-29-31(32(34)39)27-14-16-36(20-30(27)40-29)15-4-3-5-24(37)13-10-22-19-35-28-7-2-1-6-26(22)28/h1-2,6-9,11-12,19,35H,3-5,10,13-18,20H2,(H2,34,39). The number of amides is 1. The molecule has 5 rings (SSSR count). The number of nitrogens with one attached hydrogen (secondary N) is 1. The largest absolute Gasteiger partial charge is 0.366 e. The van der Waals surface area contributed by atoms with E-state index in [0.717, 1.165) is 71.7 Å². The molecule has 0 radical (unpaired) electrons. The van der Waals surface area contributed by atoms with E-state index in [-0.39, 0.29) is 12.2 Å². The third kappa shape index (κ3) is 6.89. The maximum atomic E-state index is 12.8. The molecule has 0 saturated carbocycles. The molecule has 4 aromatic rings. The van der Waals surface area contributed by atoms with Crippen LogP contribution in [0, 0.1) is 0 Å². The molecule has 0 saturated heterocycles. The number of primary amides is 1. The molecule has 6 nitrogen and oxygen atoms in total. The van der Waals surface area contributed by atoms with Crippen molar-refractivity contribution in [2.45, 2.75) is 57.9 Å². The highest BCUT2D eigenvalue weighted by Crippen LogP contribution is 2.34. The fourth-order valence-electron chi connectivity index (χ4n) is 5.58. The quantitative estimate of drug-likeness (QED) is 0.189. The van der Waals surface area contributed by atoms with Crippen molar-refractivity contribution < 1.29 is 14.4 Å². The first-order chi connectivity index (χ1) is 19.4. The number of ketones is 2. The van der Waals surface area contributed by atoms with Crippen LogP contribution >= 0.6 is 22.9 Å². The van der Waals surface area contributed by atoms with Crippen molar-refractivity contribution in [2.75, 3.05) is 13.1 Å². The smallest absolute Gasteiger partial charge is 0.250 e. The van der Waals surface area contributed by atoms with Crippen LogP contribution in [-0.4, -0.2) is 40.4 Å². The summed E-state index contributed by atoms with van der Waals surface area (Å²) >= 11 is 7.49. The zero-order valence-corrected chi connectivity index (χ0v) is 24.1. The van der Waals surface area contributed by atoms with Crippen LogP contribution < -0.4 is 5.73 Å². The molecule has 1 aliphatic heterocycles. The predicted molar refractivity (Wildman–Crippen MR) is 161 cm³/mol. The van der Waals surface area contributed by atoms with Gasteiger partial charge >= 0.3 is 0 Å². The summed E-state index contributed by atoms with van der Waals surface area (Å²) in [6.45, 7) is 2.50. The summed E-state index contributed by atoms with van der Waals surface area (Å²) in [6, 6.07) is 15.4. The molecule has 2 aromatic heterocycles. The Labute approximate surface area is 243 Å². The fourth-order valence-corrected chi connectivity index (χ4v) is 7.14. The number of unbranched alkanes of at least 4 members (excludes halogenated alkanes) is 1. The van der Waals surface area contributed by atoms with Gasteiger partial charge in [-0.15, -0.1) is 11.3 Å². The van der Waals surface area contributed by atoms with Crippen molar-refractivity contribution in [3.63, 3.8) is 0 Å². The Morgan fingerprint density at radius 3 is 2.58 bits per heavy atom. The molecule has 3 heterocycles. The van der Waals surface area contributed by atoms with Gasteiger partial charge in [-0.05, 0) is 67.1 Å². The van der Waals surface area contributed by atoms with E-state index < -0.39 is 5.91 Å². The Hall–Kier alpha value is -3.26. The van der Waals surface area contributed by atoms with Crippen molar-refractivity contribution in [2.24, 2.45) is 5.73 Å². The highest BCUT2D eigenvalue weighted by molar-refractivity contribution is 7.12. The molecule has 0 bridgehead atoms. The highest BCUT2D eigenvalue weighted by Gasteiger charge is 2.27. The van der Waals surface area contributed by atoms with Gasteiger partial charge in [0.1, 0.15) is 11.6 Å². The highest BCUT2D eigenvalue weighted by atomic mass is 35.5. The summed E-state index contributed by atoms with van der Waals surface area (Å²) in [5.41, 5.74) is 10.5. The predicted octanol–water partition coefficient (Wildman–Crippen LogP) is 6.07.